The number of hydrogen-bond acceptors (Lipinski definition) is 6. The molecule has 0 saturated carbocycles. The Bertz CT molecular complexity index is 947. The van der Waals surface area contributed by atoms with Crippen LogP contribution >= 0.6 is 0 Å². The fraction of sp³-hybridized carbons (Fsp3) is 0.125. The Morgan fingerprint density at radius 1 is 1.17 bits per heavy atom. The summed E-state index contributed by atoms with van der Waals surface area (Å²) in [7, 11) is 0. The van der Waals surface area contributed by atoms with Gasteiger partial charge in [0.25, 0.3) is 0 Å². The maximum atomic E-state index is 5.66. The first-order chi connectivity index (χ1) is 11.7. The summed E-state index contributed by atoms with van der Waals surface area (Å²) in [6.45, 7) is 2.46. The highest BCUT2D eigenvalue weighted by molar-refractivity contribution is 5.55. The van der Waals surface area contributed by atoms with Gasteiger partial charge < -0.3 is 15.5 Å². The molecular formula is C16H16N8. The number of hydrogen-bond donors (Lipinski definition) is 2. The van der Waals surface area contributed by atoms with Crippen LogP contribution in [0.5, 0.6) is 0 Å². The van der Waals surface area contributed by atoms with E-state index in [9.17, 15) is 0 Å². The van der Waals surface area contributed by atoms with Crippen molar-refractivity contribution in [2.45, 2.75) is 13.5 Å². The molecule has 4 aromatic heterocycles. The zero-order valence-corrected chi connectivity index (χ0v) is 13.1. The first-order valence-corrected chi connectivity index (χ1v) is 7.49. The van der Waals surface area contributed by atoms with Gasteiger partial charge in [-0.25, -0.2) is 9.97 Å². The first kappa shape index (κ1) is 14.2. The van der Waals surface area contributed by atoms with Gasteiger partial charge in [-0.3, -0.25) is 4.68 Å². The highest BCUT2D eigenvalue weighted by Crippen LogP contribution is 2.16. The van der Waals surface area contributed by atoms with Gasteiger partial charge in [-0.15, -0.1) is 0 Å². The largest absolute Gasteiger partial charge is 0.368 e. The summed E-state index contributed by atoms with van der Waals surface area (Å²) in [6.07, 6.45) is 7.61. The van der Waals surface area contributed by atoms with Crippen LogP contribution in [0, 0.1) is 6.92 Å². The zero-order chi connectivity index (χ0) is 16.5. The molecule has 4 heterocycles. The summed E-state index contributed by atoms with van der Waals surface area (Å²) in [5.74, 6) is 0.891. The minimum absolute atomic E-state index is 0.245. The summed E-state index contributed by atoms with van der Waals surface area (Å²) >= 11 is 0. The van der Waals surface area contributed by atoms with Gasteiger partial charge in [-0.1, -0.05) is 6.07 Å². The second kappa shape index (κ2) is 5.65. The molecule has 0 spiro atoms. The molecule has 24 heavy (non-hydrogen) atoms. The van der Waals surface area contributed by atoms with Crippen LogP contribution in [0.2, 0.25) is 0 Å². The van der Waals surface area contributed by atoms with E-state index in [1.165, 1.54) is 0 Å². The molecule has 4 rings (SSSR count). The van der Waals surface area contributed by atoms with Crippen molar-refractivity contribution in [3.05, 3.63) is 60.4 Å². The van der Waals surface area contributed by atoms with Gasteiger partial charge in [-0.2, -0.15) is 10.1 Å². The monoisotopic (exact) mass is 320 g/mol. The standard InChI is InChI=1S/C16H16N8/c1-11-6-14(22-16(17)19-11)20-12-7-18-24(9-12)10-13-8-23-5-3-2-4-15(23)21-13/h2-9H,10H2,1H3,(H3,17,19,20,22). The van der Waals surface area contributed by atoms with Gasteiger partial charge in [0.2, 0.25) is 5.95 Å². The molecule has 0 saturated heterocycles. The van der Waals surface area contributed by atoms with E-state index in [1.807, 2.05) is 58.9 Å². The number of nitrogens with zero attached hydrogens (tertiary/aromatic N) is 6. The Morgan fingerprint density at radius 2 is 2.08 bits per heavy atom. The first-order valence-electron chi connectivity index (χ1n) is 7.49. The number of nitrogen functional groups attached to an aromatic ring is 1. The van der Waals surface area contributed by atoms with Gasteiger partial charge in [0, 0.05) is 30.4 Å². The second-order valence-corrected chi connectivity index (χ2v) is 5.50. The molecule has 0 unspecified atom stereocenters. The van der Waals surface area contributed by atoms with E-state index in [-0.39, 0.29) is 5.95 Å². The summed E-state index contributed by atoms with van der Waals surface area (Å²) in [5.41, 5.74) is 9.16. The molecule has 8 heteroatoms. The third kappa shape index (κ3) is 2.89. The van der Waals surface area contributed by atoms with E-state index in [4.69, 9.17) is 5.73 Å². The molecule has 0 aromatic carbocycles. The van der Waals surface area contributed by atoms with Crippen LogP contribution in [-0.2, 0) is 6.54 Å². The second-order valence-electron chi connectivity index (χ2n) is 5.50. The predicted octanol–water partition coefficient (Wildman–Crippen LogP) is 2.00. The molecule has 8 nitrogen and oxygen atoms in total. The number of nitrogens with two attached hydrogens (primary N) is 1. The number of nitrogens with one attached hydrogen (secondary N) is 1. The third-order valence-corrected chi connectivity index (χ3v) is 3.52. The SMILES string of the molecule is Cc1cc(Nc2cnn(Cc3cn4ccccc4n3)c2)nc(N)n1. The van der Waals surface area contributed by atoms with E-state index in [1.54, 1.807) is 6.20 Å². The summed E-state index contributed by atoms with van der Waals surface area (Å²) in [6, 6.07) is 7.75. The third-order valence-electron chi connectivity index (χ3n) is 3.52. The Labute approximate surface area is 138 Å². The molecule has 0 bridgehead atoms. The average molecular weight is 320 g/mol. The van der Waals surface area contributed by atoms with E-state index >= 15 is 0 Å². The maximum absolute atomic E-state index is 5.66. The number of aromatic nitrogens is 6. The number of anilines is 3. The van der Waals surface area contributed by atoms with Crippen molar-refractivity contribution in [2.24, 2.45) is 0 Å². The number of imidazole rings is 1. The highest BCUT2D eigenvalue weighted by Gasteiger charge is 2.05. The van der Waals surface area contributed by atoms with Crippen molar-refractivity contribution in [3.8, 4) is 0 Å². The van der Waals surface area contributed by atoms with Crippen LogP contribution in [0.1, 0.15) is 11.4 Å². The van der Waals surface area contributed by atoms with Crippen molar-refractivity contribution >= 4 is 23.1 Å². The van der Waals surface area contributed by atoms with E-state index < -0.39 is 0 Å². The normalized spacial score (nSPS) is 11.0. The van der Waals surface area contributed by atoms with Gasteiger partial charge >= 0.3 is 0 Å². The molecule has 3 N–H and O–H groups in total. The molecule has 0 amide bonds. The van der Waals surface area contributed by atoms with Crippen LogP contribution in [0.3, 0.4) is 0 Å². The number of pyridine rings is 1. The Kier molecular flexibility index (Phi) is 3.34. The van der Waals surface area contributed by atoms with E-state index in [0.29, 0.717) is 12.4 Å². The van der Waals surface area contributed by atoms with Gasteiger partial charge in [0.1, 0.15) is 11.5 Å². The van der Waals surface area contributed by atoms with Crippen LogP contribution < -0.4 is 11.1 Å². The van der Waals surface area contributed by atoms with Crippen molar-refractivity contribution in [1.82, 2.24) is 29.1 Å². The highest BCUT2D eigenvalue weighted by atomic mass is 15.3. The van der Waals surface area contributed by atoms with Crippen molar-refractivity contribution in [2.75, 3.05) is 11.1 Å². The molecular weight excluding hydrogens is 304 g/mol. The van der Waals surface area contributed by atoms with Crippen molar-refractivity contribution < 1.29 is 0 Å². The molecule has 120 valence electrons. The lowest BCUT2D eigenvalue weighted by atomic mass is 10.4. The fourth-order valence-electron chi connectivity index (χ4n) is 2.55. The lowest BCUT2D eigenvalue weighted by molar-refractivity contribution is 0.676. The van der Waals surface area contributed by atoms with E-state index in [0.717, 1.165) is 22.7 Å². The van der Waals surface area contributed by atoms with Gasteiger partial charge in [0.05, 0.1) is 24.1 Å². The fourth-order valence-corrected chi connectivity index (χ4v) is 2.55. The molecule has 0 fully saturated rings. The zero-order valence-electron chi connectivity index (χ0n) is 13.1. The Morgan fingerprint density at radius 3 is 2.92 bits per heavy atom. The Hall–Kier alpha value is -3.42. The predicted molar refractivity (Wildman–Crippen MR) is 91.0 cm³/mol. The summed E-state index contributed by atoms with van der Waals surface area (Å²) in [4.78, 5) is 12.8. The molecule has 0 aliphatic heterocycles. The Balaban J connectivity index is 1.52. The van der Waals surface area contributed by atoms with Crippen LogP contribution in [0.25, 0.3) is 5.65 Å². The summed E-state index contributed by atoms with van der Waals surface area (Å²) < 4.78 is 3.81. The average Bonchev–Trinajstić information content (AvgIpc) is 3.12. The topological polar surface area (TPSA) is 99.0 Å². The minimum atomic E-state index is 0.245. The number of rotatable bonds is 4. The number of aryl methyl sites for hydroxylation is 1. The molecule has 4 aromatic rings. The van der Waals surface area contributed by atoms with Crippen molar-refractivity contribution in [3.63, 3.8) is 0 Å². The lowest BCUT2D eigenvalue weighted by Crippen LogP contribution is -2.01. The molecule has 0 aliphatic rings. The van der Waals surface area contributed by atoms with E-state index in [2.05, 4.69) is 25.4 Å². The number of fused-ring (bicyclic) bond motifs is 1. The van der Waals surface area contributed by atoms with Crippen LogP contribution in [0.4, 0.5) is 17.5 Å². The summed E-state index contributed by atoms with van der Waals surface area (Å²) in [5, 5.41) is 7.53. The van der Waals surface area contributed by atoms with Crippen molar-refractivity contribution in [1.29, 1.82) is 0 Å². The smallest absolute Gasteiger partial charge is 0.222 e. The molecule has 0 atom stereocenters. The van der Waals surface area contributed by atoms with Gasteiger partial charge in [-0.05, 0) is 19.1 Å². The molecule has 0 aliphatic carbocycles. The van der Waals surface area contributed by atoms with Gasteiger partial charge in [0.15, 0.2) is 0 Å². The lowest BCUT2D eigenvalue weighted by Gasteiger charge is -2.04. The minimum Gasteiger partial charge on any atom is -0.368 e. The van der Waals surface area contributed by atoms with Crippen LogP contribution in [0.15, 0.2) is 49.1 Å². The molecule has 0 radical (unpaired) electrons. The quantitative estimate of drug-likeness (QED) is 0.597. The van der Waals surface area contributed by atoms with Crippen LogP contribution in [-0.4, -0.2) is 29.1 Å². The maximum Gasteiger partial charge on any atom is 0.222 e.